The maximum atomic E-state index is 12.4. The van der Waals surface area contributed by atoms with Crippen LogP contribution >= 0.6 is 11.3 Å². The Morgan fingerprint density at radius 2 is 2.03 bits per heavy atom. The molecule has 0 saturated heterocycles. The van der Waals surface area contributed by atoms with E-state index in [4.69, 9.17) is 4.74 Å². The van der Waals surface area contributed by atoms with Gasteiger partial charge in [0, 0.05) is 22.6 Å². The molecule has 1 heterocycles. The Kier molecular flexibility index (Phi) is 7.08. The fraction of sp³-hybridized carbons (Fsp3) is 0.300. The number of amides is 2. The Labute approximate surface area is 181 Å². The van der Waals surface area contributed by atoms with Crippen molar-refractivity contribution in [2.24, 2.45) is 5.10 Å². The van der Waals surface area contributed by atoms with Crippen molar-refractivity contribution in [3.8, 4) is 0 Å². The third-order valence-corrected chi connectivity index (χ3v) is 5.75. The first kappa shape index (κ1) is 22.1. The molecular weight excluding hydrogens is 424 g/mol. The van der Waals surface area contributed by atoms with Crippen LogP contribution in [-0.2, 0) is 27.2 Å². The van der Waals surface area contributed by atoms with Gasteiger partial charge in [-0.15, -0.1) is 11.3 Å². The maximum Gasteiger partial charge on any atom is 0.341 e. The number of hydrogen-bond donors (Lipinski definition) is 2. The fourth-order valence-corrected chi connectivity index (χ4v) is 4.44. The van der Waals surface area contributed by atoms with E-state index in [1.165, 1.54) is 35.8 Å². The Hall–Kier alpha value is -3.60. The molecule has 1 aromatic carbocycles. The molecule has 162 valence electrons. The third-order valence-electron chi connectivity index (χ3n) is 4.54. The van der Waals surface area contributed by atoms with E-state index in [0.29, 0.717) is 11.1 Å². The molecule has 1 aromatic heterocycles. The van der Waals surface area contributed by atoms with Crippen molar-refractivity contribution in [2.45, 2.75) is 32.6 Å². The van der Waals surface area contributed by atoms with Gasteiger partial charge in [-0.05, 0) is 38.2 Å². The summed E-state index contributed by atoms with van der Waals surface area (Å²) in [6, 6.07) is 5.64. The van der Waals surface area contributed by atoms with Crippen LogP contribution in [0.5, 0.6) is 0 Å². The molecule has 0 bridgehead atoms. The number of hydrazone groups is 1. The lowest BCUT2D eigenvalue weighted by Gasteiger charge is -2.12. The van der Waals surface area contributed by atoms with Gasteiger partial charge < -0.3 is 10.1 Å². The first-order valence-electron chi connectivity index (χ1n) is 9.61. The van der Waals surface area contributed by atoms with E-state index in [1.807, 2.05) is 0 Å². The van der Waals surface area contributed by atoms with E-state index < -0.39 is 22.7 Å². The second-order valence-corrected chi connectivity index (χ2v) is 7.75. The number of non-ortho nitro benzene ring substituents is 1. The van der Waals surface area contributed by atoms with Crippen LogP contribution in [0.2, 0.25) is 0 Å². The molecule has 0 spiro atoms. The van der Waals surface area contributed by atoms with Crippen molar-refractivity contribution in [2.75, 3.05) is 11.9 Å². The number of anilines is 1. The summed E-state index contributed by atoms with van der Waals surface area (Å²) in [5.74, 6) is -2.55. The number of benzene rings is 1. The van der Waals surface area contributed by atoms with E-state index in [0.717, 1.165) is 36.1 Å². The number of aryl methyl sites for hydroxylation is 1. The highest BCUT2D eigenvalue weighted by atomic mass is 32.1. The van der Waals surface area contributed by atoms with Crippen molar-refractivity contribution >= 4 is 46.0 Å². The maximum absolute atomic E-state index is 12.4. The predicted molar refractivity (Wildman–Crippen MR) is 114 cm³/mol. The number of thiophene rings is 1. The summed E-state index contributed by atoms with van der Waals surface area (Å²) in [5.41, 5.74) is 3.51. The second kappa shape index (κ2) is 9.94. The third kappa shape index (κ3) is 5.31. The molecule has 3 rings (SSSR count). The lowest BCUT2D eigenvalue weighted by atomic mass is 9.95. The number of ether oxygens (including phenoxy) is 1. The van der Waals surface area contributed by atoms with Gasteiger partial charge in [0.25, 0.3) is 5.69 Å². The van der Waals surface area contributed by atoms with Gasteiger partial charge in [0.1, 0.15) is 5.00 Å². The molecule has 2 N–H and O–H groups in total. The number of hydrogen-bond acceptors (Lipinski definition) is 8. The monoisotopic (exact) mass is 444 g/mol. The normalized spacial score (nSPS) is 12.8. The van der Waals surface area contributed by atoms with Gasteiger partial charge in [0.15, 0.2) is 0 Å². The highest BCUT2D eigenvalue weighted by Crippen LogP contribution is 2.38. The average molecular weight is 444 g/mol. The molecule has 0 aliphatic heterocycles. The van der Waals surface area contributed by atoms with Crippen LogP contribution in [0.4, 0.5) is 10.7 Å². The molecule has 2 aromatic rings. The highest BCUT2D eigenvalue weighted by Gasteiger charge is 2.28. The van der Waals surface area contributed by atoms with Gasteiger partial charge in [-0.25, -0.2) is 10.2 Å². The van der Waals surface area contributed by atoms with Crippen molar-refractivity contribution in [3.05, 3.63) is 55.9 Å². The summed E-state index contributed by atoms with van der Waals surface area (Å²) in [7, 11) is 0. The number of nitrogens with one attached hydrogen (secondary N) is 2. The minimum atomic E-state index is -1.04. The van der Waals surface area contributed by atoms with Gasteiger partial charge in [-0.3, -0.25) is 19.7 Å². The summed E-state index contributed by atoms with van der Waals surface area (Å²) in [5, 5.41) is 17.2. The van der Waals surface area contributed by atoms with Gasteiger partial charge in [0.05, 0.1) is 23.3 Å². The molecule has 0 atom stereocenters. The van der Waals surface area contributed by atoms with Crippen LogP contribution in [0.1, 0.15) is 46.1 Å². The molecule has 11 heteroatoms. The Morgan fingerprint density at radius 1 is 1.26 bits per heavy atom. The first-order valence-corrected chi connectivity index (χ1v) is 10.4. The molecule has 0 fully saturated rings. The summed E-state index contributed by atoms with van der Waals surface area (Å²) in [6.07, 6.45) is 4.65. The quantitative estimate of drug-likeness (QED) is 0.231. The van der Waals surface area contributed by atoms with E-state index in [9.17, 15) is 24.5 Å². The molecule has 2 amide bonds. The van der Waals surface area contributed by atoms with Crippen LogP contribution in [0.3, 0.4) is 0 Å². The number of carbonyl (C=O) groups excluding carboxylic acids is 3. The first-order chi connectivity index (χ1) is 14.9. The molecule has 1 aliphatic carbocycles. The molecule has 31 heavy (non-hydrogen) atoms. The summed E-state index contributed by atoms with van der Waals surface area (Å²) in [4.78, 5) is 48.1. The standard InChI is InChI=1S/C20H20N4O6S/c1-2-30-20(27)16-14-8-3-4-9-15(14)31-19(16)22-17(25)18(26)23-21-11-12-6-5-7-13(10-12)24(28)29/h5-7,10-11H,2-4,8-9H2,1H3,(H,22,25)(H,23,26). The lowest BCUT2D eigenvalue weighted by Crippen LogP contribution is -2.32. The SMILES string of the molecule is CCOC(=O)c1c(NC(=O)C(=O)NN=Cc2cccc([N+](=O)[O-])c2)sc2c1CCCC2. The second-order valence-electron chi connectivity index (χ2n) is 6.64. The minimum absolute atomic E-state index is 0.124. The summed E-state index contributed by atoms with van der Waals surface area (Å²) < 4.78 is 5.12. The number of fused-ring (bicyclic) bond motifs is 1. The Bertz CT molecular complexity index is 1060. The van der Waals surface area contributed by atoms with Crippen molar-refractivity contribution in [1.82, 2.24) is 5.43 Å². The number of esters is 1. The molecule has 0 saturated carbocycles. The Balaban J connectivity index is 1.69. The van der Waals surface area contributed by atoms with Crippen LogP contribution in [0.25, 0.3) is 0 Å². The van der Waals surface area contributed by atoms with Crippen molar-refractivity contribution in [3.63, 3.8) is 0 Å². The highest BCUT2D eigenvalue weighted by molar-refractivity contribution is 7.17. The molecule has 10 nitrogen and oxygen atoms in total. The van der Waals surface area contributed by atoms with Gasteiger partial charge in [-0.2, -0.15) is 5.10 Å². The van der Waals surface area contributed by atoms with Gasteiger partial charge in [-0.1, -0.05) is 12.1 Å². The van der Waals surface area contributed by atoms with Crippen LogP contribution in [0, 0.1) is 10.1 Å². The molecule has 0 unspecified atom stereocenters. The predicted octanol–water partition coefficient (Wildman–Crippen LogP) is 2.80. The van der Waals surface area contributed by atoms with Crippen LogP contribution < -0.4 is 10.7 Å². The fourth-order valence-electron chi connectivity index (χ4n) is 3.17. The minimum Gasteiger partial charge on any atom is -0.462 e. The summed E-state index contributed by atoms with van der Waals surface area (Å²) in [6.45, 7) is 1.89. The smallest absolute Gasteiger partial charge is 0.341 e. The van der Waals surface area contributed by atoms with E-state index in [-0.39, 0.29) is 17.3 Å². The largest absolute Gasteiger partial charge is 0.462 e. The van der Waals surface area contributed by atoms with Gasteiger partial charge >= 0.3 is 17.8 Å². The zero-order chi connectivity index (χ0) is 22.4. The number of carbonyl (C=O) groups is 3. The topological polar surface area (TPSA) is 140 Å². The number of nitrogens with zero attached hydrogens (tertiary/aromatic N) is 2. The zero-order valence-electron chi connectivity index (χ0n) is 16.7. The lowest BCUT2D eigenvalue weighted by molar-refractivity contribution is -0.384. The van der Waals surface area contributed by atoms with E-state index in [2.05, 4.69) is 15.8 Å². The number of nitro benzene ring substituents is 1. The molecule has 1 aliphatic rings. The average Bonchev–Trinajstić information content (AvgIpc) is 3.11. The van der Waals surface area contributed by atoms with Crippen molar-refractivity contribution < 1.29 is 24.0 Å². The van der Waals surface area contributed by atoms with E-state index >= 15 is 0 Å². The molecular formula is C20H20N4O6S. The van der Waals surface area contributed by atoms with E-state index in [1.54, 1.807) is 13.0 Å². The van der Waals surface area contributed by atoms with Crippen LogP contribution in [0.15, 0.2) is 29.4 Å². The number of nitro groups is 1. The van der Waals surface area contributed by atoms with Crippen molar-refractivity contribution in [1.29, 1.82) is 0 Å². The summed E-state index contributed by atoms with van der Waals surface area (Å²) >= 11 is 1.27. The number of rotatable bonds is 6. The zero-order valence-corrected chi connectivity index (χ0v) is 17.5. The van der Waals surface area contributed by atoms with Crippen LogP contribution in [-0.4, -0.2) is 35.5 Å². The Morgan fingerprint density at radius 3 is 2.77 bits per heavy atom. The molecule has 0 radical (unpaired) electrons. The van der Waals surface area contributed by atoms with Gasteiger partial charge in [0.2, 0.25) is 0 Å².